The summed E-state index contributed by atoms with van der Waals surface area (Å²) >= 11 is 0. The Balaban J connectivity index is 1.48. The first kappa shape index (κ1) is 16.9. The maximum atomic E-state index is 12.7. The number of carbonyl (C=O) groups excluding carboxylic acids is 2. The number of piperidine rings is 2. The second kappa shape index (κ2) is 6.98. The molecule has 1 aromatic heterocycles. The van der Waals surface area contributed by atoms with Crippen LogP contribution in [0.5, 0.6) is 0 Å². The highest BCUT2D eigenvalue weighted by Gasteiger charge is 2.42. The van der Waals surface area contributed by atoms with E-state index in [0.29, 0.717) is 18.7 Å². The van der Waals surface area contributed by atoms with Gasteiger partial charge in [-0.25, -0.2) is 0 Å². The van der Waals surface area contributed by atoms with Crippen molar-refractivity contribution in [3.05, 3.63) is 59.9 Å². The van der Waals surface area contributed by atoms with Crippen LogP contribution in [0.25, 0.3) is 0 Å². The zero-order valence-corrected chi connectivity index (χ0v) is 15.0. The second-order valence-electron chi connectivity index (χ2n) is 7.65. The van der Waals surface area contributed by atoms with Crippen molar-refractivity contribution in [1.29, 1.82) is 0 Å². The van der Waals surface area contributed by atoms with E-state index < -0.39 is 0 Å². The summed E-state index contributed by atoms with van der Waals surface area (Å²) in [6.07, 6.45) is 5.33. The zero-order valence-electron chi connectivity index (χ0n) is 15.0. The molecule has 0 radical (unpaired) electrons. The zero-order chi connectivity index (χ0) is 18.0. The van der Waals surface area contributed by atoms with Crippen molar-refractivity contribution < 1.29 is 9.59 Å². The van der Waals surface area contributed by atoms with Gasteiger partial charge in [-0.3, -0.25) is 9.59 Å². The molecule has 3 heterocycles. The van der Waals surface area contributed by atoms with E-state index in [0.717, 1.165) is 44.5 Å². The minimum absolute atomic E-state index is 0.0309. The normalized spacial score (nSPS) is 23.5. The highest BCUT2D eigenvalue weighted by molar-refractivity contribution is 5.92. The lowest BCUT2D eigenvalue weighted by molar-refractivity contribution is -0.139. The van der Waals surface area contributed by atoms with Crippen LogP contribution >= 0.6 is 0 Å². The number of nitrogens with zero attached hydrogens (tertiary/aromatic N) is 2. The van der Waals surface area contributed by atoms with Crippen LogP contribution in [0.3, 0.4) is 0 Å². The fourth-order valence-corrected chi connectivity index (χ4v) is 4.40. The molecule has 2 aliphatic rings. The largest absolute Gasteiger partial charge is 0.357 e. The van der Waals surface area contributed by atoms with Crippen molar-refractivity contribution in [3.63, 3.8) is 0 Å². The van der Waals surface area contributed by atoms with Crippen LogP contribution < -0.4 is 0 Å². The number of H-pyrrole nitrogens is 1. The molecule has 2 aromatic rings. The number of rotatable bonds is 3. The van der Waals surface area contributed by atoms with Gasteiger partial charge in [0.25, 0.3) is 5.91 Å². The summed E-state index contributed by atoms with van der Waals surface area (Å²) < 4.78 is 0. The molecule has 2 saturated heterocycles. The first-order valence-corrected chi connectivity index (χ1v) is 9.40. The molecule has 5 nitrogen and oxygen atoms in total. The van der Waals surface area contributed by atoms with Gasteiger partial charge in [0.1, 0.15) is 5.69 Å². The molecule has 2 aliphatic heterocycles. The molecule has 1 aromatic carbocycles. The Morgan fingerprint density at radius 3 is 2.69 bits per heavy atom. The van der Waals surface area contributed by atoms with E-state index in [1.165, 1.54) is 0 Å². The minimum Gasteiger partial charge on any atom is -0.357 e. The molecular weight excluding hydrogens is 326 g/mol. The maximum absolute atomic E-state index is 12.7. The van der Waals surface area contributed by atoms with Crippen LogP contribution in [-0.2, 0) is 11.3 Å². The van der Waals surface area contributed by atoms with E-state index >= 15 is 0 Å². The third-order valence-corrected chi connectivity index (χ3v) is 5.74. The number of aromatic amines is 1. The lowest BCUT2D eigenvalue weighted by Gasteiger charge is -2.48. The van der Waals surface area contributed by atoms with Crippen molar-refractivity contribution in [3.8, 4) is 0 Å². The topological polar surface area (TPSA) is 56.4 Å². The summed E-state index contributed by atoms with van der Waals surface area (Å²) in [5, 5.41) is 0. The van der Waals surface area contributed by atoms with Gasteiger partial charge in [-0.05, 0) is 37.0 Å². The number of carbonyl (C=O) groups is 2. The van der Waals surface area contributed by atoms with E-state index in [1.54, 1.807) is 6.20 Å². The molecule has 0 saturated carbocycles. The van der Waals surface area contributed by atoms with Gasteiger partial charge in [0, 0.05) is 44.2 Å². The molecule has 0 bridgehead atoms. The Kier molecular flexibility index (Phi) is 4.53. The first-order valence-electron chi connectivity index (χ1n) is 9.40. The van der Waals surface area contributed by atoms with E-state index in [4.69, 9.17) is 0 Å². The maximum Gasteiger partial charge on any atom is 0.270 e. The predicted molar refractivity (Wildman–Crippen MR) is 99.5 cm³/mol. The van der Waals surface area contributed by atoms with Crippen molar-refractivity contribution in [2.75, 3.05) is 19.6 Å². The smallest absolute Gasteiger partial charge is 0.270 e. The highest BCUT2D eigenvalue weighted by atomic mass is 16.2. The van der Waals surface area contributed by atoms with Crippen LogP contribution in [0.4, 0.5) is 0 Å². The molecule has 5 heteroatoms. The van der Waals surface area contributed by atoms with Crippen LogP contribution in [-0.4, -0.2) is 46.2 Å². The summed E-state index contributed by atoms with van der Waals surface area (Å²) in [6.45, 7) is 2.94. The molecule has 26 heavy (non-hydrogen) atoms. The van der Waals surface area contributed by atoms with Crippen LogP contribution in [0, 0.1) is 5.41 Å². The molecule has 2 fully saturated rings. The standard InChI is InChI=1S/C21H25N3O2/c25-19-9-11-21(16-24(19)14-17-6-2-1-3-7-17)10-5-13-23(15-21)20(26)18-8-4-12-22-18/h1-4,6-8,12,22H,5,9-11,13-16H2. The van der Waals surface area contributed by atoms with E-state index in [-0.39, 0.29) is 17.2 Å². The van der Waals surface area contributed by atoms with Crippen molar-refractivity contribution in [2.45, 2.75) is 32.2 Å². The Hall–Kier alpha value is -2.56. The van der Waals surface area contributed by atoms with Gasteiger partial charge < -0.3 is 14.8 Å². The molecular formula is C21H25N3O2. The van der Waals surface area contributed by atoms with Crippen molar-refractivity contribution in [1.82, 2.24) is 14.8 Å². The van der Waals surface area contributed by atoms with Gasteiger partial charge in [-0.2, -0.15) is 0 Å². The summed E-state index contributed by atoms with van der Waals surface area (Å²) in [7, 11) is 0. The Labute approximate surface area is 154 Å². The van der Waals surface area contributed by atoms with Crippen LogP contribution in [0.15, 0.2) is 48.7 Å². The SMILES string of the molecule is O=C1CCC2(CCCN(C(=O)c3ccc[nH]3)C2)CN1Cc1ccccc1. The average molecular weight is 351 g/mol. The quantitative estimate of drug-likeness (QED) is 0.924. The number of hydrogen-bond donors (Lipinski definition) is 1. The molecule has 136 valence electrons. The van der Waals surface area contributed by atoms with Crippen LogP contribution in [0.1, 0.15) is 41.7 Å². The fourth-order valence-electron chi connectivity index (χ4n) is 4.40. The second-order valence-corrected chi connectivity index (χ2v) is 7.65. The molecule has 1 N–H and O–H groups in total. The Bertz CT molecular complexity index is 772. The number of amides is 2. The summed E-state index contributed by atoms with van der Waals surface area (Å²) in [6, 6.07) is 13.8. The summed E-state index contributed by atoms with van der Waals surface area (Å²) in [5.41, 5.74) is 1.84. The third kappa shape index (κ3) is 3.39. The Morgan fingerprint density at radius 1 is 1.08 bits per heavy atom. The Morgan fingerprint density at radius 2 is 1.92 bits per heavy atom. The molecule has 1 atom stereocenters. The molecule has 2 amide bonds. The highest BCUT2D eigenvalue weighted by Crippen LogP contribution is 2.39. The lowest BCUT2D eigenvalue weighted by atomic mass is 9.73. The van der Waals surface area contributed by atoms with E-state index in [1.807, 2.05) is 40.1 Å². The number of hydrogen-bond acceptors (Lipinski definition) is 2. The summed E-state index contributed by atoms with van der Waals surface area (Å²) in [4.78, 5) is 32.2. The van der Waals surface area contributed by atoms with Gasteiger partial charge >= 0.3 is 0 Å². The van der Waals surface area contributed by atoms with Crippen LogP contribution in [0.2, 0.25) is 0 Å². The van der Waals surface area contributed by atoms with E-state index in [2.05, 4.69) is 17.1 Å². The molecule has 1 spiro atoms. The number of nitrogens with one attached hydrogen (secondary N) is 1. The number of aromatic nitrogens is 1. The monoisotopic (exact) mass is 351 g/mol. The third-order valence-electron chi connectivity index (χ3n) is 5.74. The molecule has 0 aliphatic carbocycles. The summed E-state index contributed by atoms with van der Waals surface area (Å²) in [5.74, 6) is 0.299. The van der Waals surface area contributed by atoms with Gasteiger partial charge in [0.15, 0.2) is 0 Å². The first-order chi connectivity index (χ1) is 12.7. The fraction of sp³-hybridized carbons (Fsp3) is 0.429. The lowest BCUT2D eigenvalue weighted by Crippen LogP contribution is -2.54. The number of benzene rings is 1. The van der Waals surface area contributed by atoms with Gasteiger partial charge in [0.2, 0.25) is 5.91 Å². The average Bonchev–Trinajstić information content (AvgIpc) is 3.20. The van der Waals surface area contributed by atoms with E-state index in [9.17, 15) is 9.59 Å². The van der Waals surface area contributed by atoms with Gasteiger partial charge in [-0.1, -0.05) is 30.3 Å². The predicted octanol–water partition coefficient (Wildman–Crippen LogP) is 3.06. The van der Waals surface area contributed by atoms with Gasteiger partial charge in [0.05, 0.1) is 0 Å². The van der Waals surface area contributed by atoms with Crippen molar-refractivity contribution in [2.24, 2.45) is 5.41 Å². The minimum atomic E-state index is 0.0309. The van der Waals surface area contributed by atoms with Gasteiger partial charge in [-0.15, -0.1) is 0 Å². The molecule has 1 unspecified atom stereocenters. The number of likely N-dealkylation sites (tertiary alicyclic amines) is 2. The van der Waals surface area contributed by atoms with Crippen molar-refractivity contribution >= 4 is 11.8 Å². The molecule has 4 rings (SSSR count).